The molecule has 2 unspecified atom stereocenters. The van der Waals surface area contributed by atoms with Gasteiger partial charge in [0, 0.05) is 18.7 Å². The minimum absolute atomic E-state index is 0.153. The van der Waals surface area contributed by atoms with E-state index in [4.69, 9.17) is 4.74 Å². The minimum Gasteiger partial charge on any atom is -0.373 e. The summed E-state index contributed by atoms with van der Waals surface area (Å²) in [6.45, 7) is 8.37. The molecule has 2 heterocycles. The molecule has 1 aliphatic rings. The van der Waals surface area contributed by atoms with Crippen molar-refractivity contribution in [1.82, 2.24) is 14.7 Å². The van der Waals surface area contributed by atoms with Crippen LogP contribution in [-0.2, 0) is 14.8 Å². The van der Waals surface area contributed by atoms with Crippen LogP contribution in [0, 0.1) is 13.8 Å². The molecule has 1 fully saturated rings. The molecule has 1 saturated heterocycles. The molecular formula is C22H26N4O4S2. The minimum atomic E-state index is -3.65. The Morgan fingerprint density at radius 2 is 1.78 bits per heavy atom. The van der Waals surface area contributed by atoms with Gasteiger partial charge in [0.05, 0.1) is 27.3 Å². The van der Waals surface area contributed by atoms with E-state index in [1.165, 1.54) is 39.9 Å². The lowest BCUT2D eigenvalue weighted by atomic mass is 10.1. The van der Waals surface area contributed by atoms with Gasteiger partial charge < -0.3 is 4.74 Å². The van der Waals surface area contributed by atoms with Gasteiger partial charge in [-0.1, -0.05) is 17.4 Å². The van der Waals surface area contributed by atoms with E-state index in [0.29, 0.717) is 23.8 Å². The number of hydrogen-bond donors (Lipinski definition) is 2. The Morgan fingerprint density at radius 1 is 1.12 bits per heavy atom. The normalized spacial score (nSPS) is 19.8. The number of ether oxygens (including phenoxy) is 1. The zero-order valence-electron chi connectivity index (χ0n) is 18.4. The molecule has 32 heavy (non-hydrogen) atoms. The van der Waals surface area contributed by atoms with Gasteiger partial charge in [0.2, 0.25) is 15.2 Å². The first-order valence-corrected chi connectivity index (χ1v) is 12.6. The highest BCUT2D eigenvalue weighted by Gasteiger charge is 2.32. The van der Waals surface area contributed by atoms with Gasteiger partial charge >= 0.3 is 0 Å². The van der Waals surface area contributed by atoms with E-state index in [2.05, 4.69) is 21.9 Å². The monoisotopic (exact) mass is 474 g/mol. The van der Waals surface area contributed by atoms with Crippen LogP contribution in [0.25, 0.3) is 10.2 Å². The van der Waals surface area contributed by atoms with Gasteiger partial charge in [-0.3, -0.25) is 15.6 Å². The number of anilines is 1. The Hall–Kier alpha value is -2.53. The van der Waals surface area contributed by atoms with Crippen LogP contribution in [0.1, 0.15) is 35.3 Å². The number of hydrogen-bond acceptors (Lipinski definition) is 7. The number of nitrogens with zero attached hydrogens (tertiary/aromatic N) is 2. The summed E-state index contributed by atoms with van der Waals surface area (Å²) in [4.78, 5) is 17.2. The quantitative estimate of drug-likeness (QED) is 0.549. The fraction of sp³-hybridized carbons (Fsp3) is 0.364. The number of aromatic nitrogens is 1. The summed E-state index contributed by atoms with van der Waals surface area (Å²) in [7, 11) is -3.65. The highest BCUT2D eigenvalue weighted by atomic mass is 32.2. The molecule has 2 N–H and O–H groups in total. The van der Waals surface area contributed by atoms with Gasteiger partial charge in [-0.25, -0.2) is 13.4 Å². The van der Waals surface area contributed by atoms with Gasteiger partial charge in [0.15, 0.2) is 0 Å². The van der Waals surface area contributed by atoms with Crippen LogP contribution in [-0.4, -0.2) is 48.9 Å². The maximum absolute atomic E-state index is 13.0. The van der Waals surface area contributed by atoms with Crippen molar-refractivity contribution in [3.05, 3.63) is 53.1 Å². The number of amides is 1. The van der Waals surface area contributed by atoms with Crippen molar-refractivity contribution in [2.24, 2.45) is 0 Å². The number of aryl methyl sites for hydroxylation is 2. The number of carbonyl (C=O) groups is 1. The fourth-order valence-corrected chi connectivity index (χ4v) is 6.33. The number of sulfonamides is 1. The zero-order chi connectivity index (χ0) is 23.0. The van der Waals surface area contributed by atoms with Crippen molar-refractivity contribution in [3.63, 3.8) is 0 Å². The number of hydrazine groups is 1. The second-order valence-corrected chi connectivity index (χ2v) is 11.1. The molecule has 170 valence electrons. The predicted molar refractivity (Wildman–Crippen MR) is 125 cm³/mol. The second kappa shape index (κ2) is 8.78. The Bertz CT molecular complexity index is 1240. The maximum atomic E-state index is 13.0. The fourth-order valence-electron chi connectivity index (χ4n) is 3.87. The first kappa shape index (κ1) is 22.7. The van der Waals surface area contributed by atoms with Crippen LogP contribution in [0.15, 0.2) is 41.3 Å². The third-order valence-corrected chi connectivity index (χ3v) is 8.21. The lowest BCUT2D eigenvalue weighted by Gasteiger charge is -2.34. The first-order valence-electron chi connectivity index (χ1n) is 10.3. The Kier molecular flexibility index (Phi) is 6.22. The summed E-state index contributed by atoms with van der Waals surface area (Å²) in [6, 6.07) is 10.0. The first-order chi connectivity index (χ1) is 15.1. The third kappa shape index (κ3) is 4.63. The molecule has 4 rings (SSSR count). The predicted octanol–water partition coefficient (Wildman–Crippen LogP) is 3.47. The van der Waals surface area contributed by atoms with E-state index < -0.39 is 10.0 Å². The van der Waals surface area contributed by atoms with Crippen molar-refractivity contribution in [1.29, 1.82) is 0 Å². The van der Waals surface area contributed by atoms with Crippen LogP contribution < -0.4 is 10.9 Å². The van der Waals surface area contributed by atoms with Crippen LogP contribution in [0.5, 0.6) is 0 Å². The summed E-state index contributed by atoms with van der Waals surface area (Å²) in [5.41, 5.74) is 8.97. The topological polar surface area (TPSA) is 101 Å². The number of nitrogens with one attached hydrogen (secondary N) is 2. The van der Waals surface area contributed by atoms with E-state index in [0.717, 1.165) is 21.3 Å². The molecule has 0 bridgehead atoms. The van der Waals surface area contributed by atoms with Gasteiger partial charge in [-0.2, -0.15) is 4.31 Å². The second-order valence-electron chi connectivity index (χ2n) is 8.13. The summed E-state index contributed by atoms with van der Waals surface area (Å²) in [6.07, 6.45) is -0.334. The van der Waals surface area contributed by atoms with Crippen molar-refractivity contribution in [2.75, 3.05) is 18.5 Å². The molecule has 2 atom stereocenters. The molecule has 1 aliphatic heterocycles. The number of rotatable bonds is 5. The average Bonchev–Trinajstić information content (AvgIpc) is 3.14. The highest BCUT2D eigenvalue weighted by molar-refractivity contribution is 7.89. The summed E-state index contributed by atoms with van der Waals surface area (Å²) in [5, 5.41) is 0.580. The van der Waals surface area contributed by atoms with Gasteiger partial charge in [-0.15, -0.1) is 0 Å². The van der Waals surface area contributed by atoms with Crippen molar-refractivity contribution >= 4 is 42.6 Å². The largest absolute Gasteiger partial charge is 0.373 e. The van der Waals surface area contributed by atoms with E-state index in [9.17, 15) is 13.2 Å². The molecule has 10 heteroatoms. The summed E-state index contributed by atoms with van der Waals surface area (Å²) < 4.78 is 34.0. The molecule has 8 nitrogen and oxygen atoms in total. The average molecular weight is 475 g/mol. The van der Waals surface area contributed by atoms with Crippen LogP contribution in [0.3, 0.4) is 0 Å². The molecular weight excluding hydrogens is 448 g/mol. The molecule has 2 aromatic carbocycles. The number of morpholine rings is 1. The molecule has 0 aliphatic carbocycles. The van der Waals surface area contributed by atoms with Crippen LogP contribution in [0.4, 0.5) is 5.13 Å². The van der Waals surface area contributed by atoms with Crippen LogP contribution in [0.2, 0.25) is 0 Å². The third-order valence-electron chi connectivity index (χ3n) is 5.24. The van der Waals surface area contributed by atoms with E-state index in [1.54, 1.807) is 0 Å². The molecule has 1 aromatic heterocycles. The van der Waals surface area contributed by atoms with E-state index >= 15 is 0 Å². The summed E-state index contributed by atoms with van der Waals surface area (Å²) in [5.74, 6) is -0.380. The lowest BCUT2D eigenvalue weighted by molar-refractivity contribution is -0.0440. The summed E-state index contributed by atoms with van der Waals surface area (Å²) >= 11 is 1.46. The number of fused-ring (bicyclic) bond motifs is 1. The lowest BCUT2D eigenvalue weighted by Crippen LogP contribution is -2.48. The van der Waals surface area contributed by atoms with E-state index in [1.807, 2.05) is 33.8 Å². The standard InChI is InChI=1S/C22H26N4O4S2/c1-13-9-14(2)20-19(10-13)23-22(31-20)25-24-21(27)17-5-7-18(8-6-17)32(28,29)26-11-15(3)30-16(4)12-26/h5-10,15-16H,11-12H2,1-4H3,(H,23,25)(H,24,27). The zero-order valence-corrected chi connectivity index (χ0v) is 20.0. The SMILES string of the molecule is Cc1cc(C)c2sc(NNC(=O)c3ccc(S(=O)(=O)N4CC(C)OC(C)C4)cc3)nc2c1. The molecule has 1 amide bonds. The van der Waals surface area contributed by atoms with Gasteiger partial charge in [-0.05, 0) is 69.2 Å². The molecule has 3 aromatic rings. The Labute approximate surface area is 191 Å². The van der Waals surface area contributed by atoms with Crippen molar-refractivity contribution in [2.45, 2.75) is 44.8 Å². The smallest absolute Gasteiger partial charge is 0.269 e. The number of thiazole rings is 1. The molecule has 0 spiro atoms. The highest BCUT2D eigenvalue weighted by Crippen LogP contribution is 2.29. The van der Waals surface area contributed by atoms with Crippen molar-refractivity contribution in [3.8, 4) is 0 Å². The number of carbonyl (C=O) groups excluding carboxylic acids is 1. The van der Waals surface area contributed by atoms with Gasteiger partial charge in [0.25, 0.3) is 5.91 Å². The van der Waals surface area contributed by atoms with E-state index in [-0.39, 0.29) is 23.0 Å². The van der Waals surface area contributed by atoms with Crippen LogP contribution >= 0.6 is 11.3 Å². The maximum Gasteiger partial charge on any atom is 0.269 e. The Balaban J connectivity index is 1.44. The molecule has 0 saturated carbocycles. The van der Waals surface area contributed by atoms with Gasteiger partial charge in [0.1, 0.15) is 0 Å². The number of benzene rings is 2. The molecule has 0 radical (unpaired) electrons. The van der Waals surface area contributed by atoms with Crippen molar-refractivity contribution < 1.29 is 17.9 Å². The Morgan fingerprint density at radius 3 is 2.44 bits per heavy atom.